The number of benzene rings is 1. The van der Waals surface area contributed by atoms with Crippen molar-refractivity contribution >= 4 is 29.2 Å². The Hall–Kier alpha value is -1.75. The number of nitrogen functional groups attached to an aromatic ring is 1. The zero-order valence-corrected chi connectivity index (χ0v) is 14.2. The monoisotopic (exact) mass is 338 g/mol. The maximum atomic E-state index is 12.2. The summed E-state index contributed by atoms with van der Waals surface area (Å²) in [6.07, 6.45) is 3.53. The zero-order valence-electron chi connectivity index (χ0n) is 13.5. The molecule has 1 aliphatic carbocycles. The molecule has 126 valence electrons. The first-order valence-corrected chi connectivity index (χ1v) is 8.32. The maximum Gasteiger partial charge on any atom is 0.341 e. The van der Waals surface area contributed by atoms with Gasteiger partial charge in [0, 0.05) is 16.8 Å². The van der Waals surface area contributed by atoms with Crippen LogP contribution in [-0.2, 0) is 9.53 Å². The number of hydrogen-bond donors (Lipinski definition) is 2. The molecule has 0 saturated heterocycles. The van der Waals surface area contributed by atoms with Crippen LogP contribution in [0.25, 0.3) is 0 Å². The van der Waals surface area contributed by atoms with Gasteiger partial charge in [-0.1, -0.05) is 31.4 Å². The van der Waals surface area contributed by atoms with Crippen molar-refractivity contribution in [1.82, 2.24) is 5.32 Å². The highest BCUT2D eigenvalue weighted by Crippen LogP contribution is 2.24. The second kappa shape index (κ2) is 7.68. The summed E-state index contributed by atoms with van der Waals surface area (Å²) in [5.74, 6) is -0.453. The molecule has 2 rings (SSSR count). The van der Waals surface area contributed by atoms with Gasteiger partial charge < -0.3 is 15.8 Å². The first-order chi connectivity index (χ1) is 10.9. The maximum absolute atomic E-state index is 12.2. The Morgan fingerprint density at radius 3 is 2.70 bits per heavy atom. The van der Waals surface area contributed by atoms with E-state index in [2.05, 4.69) is 12.2 Å². The van der Waals surface area contributed by atoms with Gasteiger partial charge in [0.15, 0.2) is 6.10 Å². The highest BCUT2D eigenvalue weighted by Gasteiger charge is 2.26. The molecule has 5 nitrogen and oxygen atoms in total. The van der Waals surface area contributed by atoms with E-state index in [0.29, 0.717) is 10.9 Å². The van der Waals surface area contributed by atoms with Gasteiger partial charge in [0.25, 0.3) is 5.91 Å². The molecule has 0 bridgehead atoms. The van der Waals surface area contributed by atoms with Gasteiger partial charge in [-0.05, 0) is 43.9 Å². The molecule has 0 spiro atoms. The van der Waals surface area contributed by atoms with Crippen molar-refractivity contribution in [2.24, 2.45) is 5.92 Å². The van der Waals surface area contributed by atoms with Crippen LogP contribution in [0.15, 0.2) is 18.2 Å². The van der Waals surface area contributed by atoms with Crippen molar-refractivity contribution in [2.45, 2.75) is 51.7 Å². The smallest absolute Gasteiger partial charge is 0.341 e. The van der Waals surface area contributed by atoms with E-state index in [0.717, 1.165) is 19.3 Å². The summed E-state index contributed by atoms with van der Waals surface area (Å²) in [5, 5.41) is 3.42. The van der Waals surface area contributed by atoms with Crippen molar-refractivity contribution < 1.29 is 14.3 Å². The molecule has 0 radical (unpaired) electrons. The molecule has 0 unspecified atom stereocenters. The summed E-state index contributed by atoms with van der Waals surface area (Å²) in [7, 11) is 0. The number of carbonyl (C=O) groups excluding carboxylic acids is 2. The molecule has 6 heteroatoms. The van der Waals surface area contributed by atoms with E-state index in [-0.39, 0.29) is 23.2 Å². The Bertz CT molecular complexity index is 591. The minimum absolute atomic E-state index is 0.151. The molecule has 1 saturated carbocycles. The molecule has 3 N–H and O–H groups in total. The third kappa shape index (κ3) is 4.61. The van der Waals surface area contributed by atoms with Crippen molar-refractivity contribution in [3.05, 3.63) is 28.8 Å². The molecule has 1 aliphatic rings. The van der Waals surface area contributed by atoms with Crippen LogP contribution in [0.1, 0.15) is 49.9 Å². The Morgan fingerprint density at radius 1 is 1.35 bits per heavy atom. The largest absolute Gasteiger partial charge is 0.449 e. The topological polar surface area (TPSA) is 81.4 Å². The van der Waals surface area contributed by atoms with Crippen molar-refractivity contribution in [1.29, 1.82) is 0 Å². The second-order valence-electron chi connectivity index (χ2n) is 6.16. The standard InChI is InChI=1S/C17H23ClN2O3/c1-10-5-3-4-6-15(10)20-16(21)11(2)23-17(22)13-8-7-12(18)9-14(13)19/h7-11,15H,3-6,19H2,1-2H3,(H,20,21)/t10-,11-,15-/m1/s1. The molecular formula is C17H23ClN2O3. The van der Waals surface area contributed by atoms with E-state index in [1.807, 2.05) is 0 Å². The molecule has 0 aromatic heterocycles. The van der Waals surface area contributed by atoms with Crippen LogP contribution in [0.3, 0.4) is 0 Å². The van der Waals surface area contributed by atoms with Crippen LogP contribution < -0.4 is 11.1 Å². The number of nitrogens with two attached hydrogens (primary N) is 1. The summed E-state index contributed by atoms with van der Waals surface area (Å²) in [6, 6.07) is 4.68. The summed E-state index contributed by atoms with van der Waals surface area (Å²) in [6.45, 7) is 3.70. The Labute approximate surface area is 141 Å². The normalized spacial score (nSPS) is 22.2. The third-order valence-corrected chi connectivity index (χ3v) is 4.56. The summed E-state index contributed by atoms with van der Waals surface area (Å²) in [5.41, 5.74) is 6.20. The fourth-order valence-electron chi connectivity index (χ4n) is 2.83. The van der Waals surface area contributed by atoms with Gasteiger partial charge >= 0.3 is 5.97 Å². The average molecular weight is 339 g/mol. The summed E-state index contributed by atoms with van der Waals surface area (Å²) < 4.78 is 5.22. The highest BCUT2D eigenvalue weighted by molar-refractivity contribution is 6.31. The Kier molecular flexibility index (Phi) is 5.88. The van der Waals surface area contributed by atoms with E-state index in [1.165, 1.54) is 18.6 Å². The molecule has 1 fully saturated rings. The third-order valence-electron chi connectivity index (χ3n) is 4.33. The highest BCUT2D eigenvalue weighted by atomic mass is 35.5. The van der Waals surface area contributed by atoms with Gasteiger partial charge in [0.1, 0.15) is 0 Å². The molecule has 0 heterocycles. The van der Waals surface area contributed by atoms with E-state index in [4.69, 9.17) is 22.1 Å². The van der Waals surface area contributed by atoms with Crippen LogP contribution >= 0.6 is 11.6 Å². The van der Waals surface area contributed by atoms with Crippen LogP contribution in [0.4, 0.5) is 5.69 Å². The molecule has 3 atom stereocenters. The van der Waals surface area contributed by atoms with E-state index in [9.17, 15) is 9.59 Å². The van der Waals surface area contributed by atoms with Crippen LogP contribution in [0.2, 0.25) is 5.02 Å². The molecule has 1 amide bonds. The van der Waals surface area contributed by atoms with Gasteiger partial charge in [-0.2, -0.15) is 0 Å². The van der Waals surface area contributed by atoms with Crippen molar-refractivity contribution in [3.63, 3.8) is 0 Å². The number of anilines is 1. The van der Waals surface area contributed by atoms with Crippen molar-refractivity contribution in [2.75, 3.05) is 5.73 Å². The first-order valence-electron chi connectivity index (χ1n) is 7.95. The lowest BCUT2D eigenvalue weighted by Gasteiger charge is -2.30. The van der Waals surface area contributed by atoms with Crippen LogP contribution in [-0.4, -0.2) is 24.0 Å². The molecule has 1 aromatic carbocycles. The number of hydrogen-bond acceptors (Lipinski definition) is 4. The summed E-state index contributed by atoms with van der Waals surface area (Å²) >= 11 is 5.80. The van der Waals surface area contributed by atoms with Gasteiger partial charge in [0.2, 0.25) is 0 Å². The average Bonchev–Trinajstić information content (AvgIpc) is 2.49. The minimum atomic E-state index is -0.869. The van der Waals surface area contributed by atoms with E-state index >= 15 is 0 Å². The predicted molar refractivity (Wildman–Crippen MR) is 90.3 cm³/mol. The zero-order chi connectivity index (χ0) is 17.0. The fraction of sp³-hybridized carbons (Fsp3) is 0.529. The minimum Gasteiger partial charge on any atom is -0.449 e. The fourth-order valence-corrected chi connectivity index (χ4v) is 3.01. The number of amides is 1. The lowest BCUT2D eigenvalue weighted by molar-refractivity contribution is -0.130. The lowest BCUT2D eigenvalue weighted by Crippen LogP contribution is -2.46. The number of ether oxygens (including phenoxy) is 1. The van der Waals surface area contributed by atoms with Crippen LogP contribution in [0, 0.1) is 5.92 Å². The number of esters is 1. The predicted octanol–water partition coefficient (Wildman–Crippen LogP) is 3.16. The molecule has 0 aliphatic heterocycles. The quantitative estimate of drug-likeness (QED) is 0.652. The Morgan fingerprint density at radius 2 is 2.04 bits per heavy atom. The number of nitrogens with one attached hydrogen (secondary N) is 1. The van der Waals surface area contributed by atoms with Gasteiger partial charge in [-0.25, -0.2) is 4.79 Å². The summed E-state index contributed by atoms with van der Waals surface area (Å²) in [4.78, 5) is 24.3. The number of carbonyl (C=O) groups is 2. The SMILES string of the molecule is C[C@@H]1CCCC[C@H]1NC(=O)[C@@H](C)OC(=O)c1ccc(Cl)cc1N. The van der Waals surface area contributed by atoms with Crippen molar-refractivity contribution in [3.8, 4) is 0 Å². The van der Waals surface area contributed by atoms with Gasteiger partial charge in [-0.15, -0.1) is 0 Å². The molecular weight excluding hydrogens is 316 g/mol. The van der Waals surface area contributed by atoms with E-state index < -0.39 is 12.1 Å². The second-order valence-corrected chi connectivity index (χ2v) is 6.59. The Balaban J connectivity index is 1.93. The first kappa shape index (κ1) is 17.6. The van der Waals surface area contributed by atoms with E-state index in [1.54, 1.807) is 13.0 Å². The lowest BCUT2D eigenvalue weighted by atomic mass is 9.86. The van der Waals surface area contributed by atoms with Crippen LogP contribution in [0.5, 0.6) is 0 Å². The number of rotatable bonds is 4. The molecule has 23 heavy (non-hydrogen) atoms. The van der Waals surface area contributed by atoms with Gasteiger partial charge in [-0.3, -0.25) is 4.79 Å². The van der Waals surface area contributed by atoms with Gasteiger partial charge in [0.05, 0.1) is 5.56 Å². The molecule has 1 aromatic rings. The number of halogens is 1.